The number of anilines is 1. The Labute approximate surface area is 233 Å². The zero-order valence-corrected chi connectivity index (χ0v) is 22.1. The normalized spacial score (nSPS) is 15.0. The topological polar surface area (TPSA) is 71.8 Å². The molecule has 1 fully saturated rings. The molecule has 1 aliphatic rings. The molecular weight excluding hydrogens is 597 g/mol. The molecular formula is C28H16BrF3N2O4S. The van der Waals surface area contributed by atoms with Crippen molar-refractivity contribution in [2.24, 2.45) is 0 Å². The van der Waals surface area contributed by atoms with E-state index in [1.807, 2.05) is 18.2 Å². The lowest BCUT2D eigenvalue weighted by Gasteiger charge is -2.28. The van der Waals surface area contributed by atoms with E-state index in [0.29, 0.717) is 17.2 Å². The molecule has 0 saturated carbocycles. The number of hydrogen-bond donors (Lipinski definition) is 1. The molecule has 1 aromatic heterocycles. The number of furan rings is 1. The molecule has 3 aromatic carbocycles. The first-order valence-corrected chi connectivity index (χ1v) is 12.5. The molecule has 0 atom stereocenters. The van der Waals surface area contributed by atoms with Crippen LogP contribution in [0, 0.1) is 0 Å². The van der Waals surface area contributed by atoms with E-state index in [1.54, 1.807) is 36.4 Å². The zero-order chi connectivity index (χ0) is 27.7. The van der Waals surface area contributed by atoms with E-state index in [4.69, 9.17) is 21.4 Å². The molecule has 0 bridgehead atoms. The second-order valence-corrected chi connectivity index (χ2v) is 9.56. The van der Waals surface area contributed by atoms with E-state index in [1.165, 1.54) is 24.3 Å². The second-order valence-electron chi connectivity index (χ2n) is 8.26. The summed E-state index contributed by atoms with van der Waals surface area (Å²) in [7, 11) is 0. The van der Waals surface area contributed by atoms with Crippen molar-refractivity contribution in [2.45, 2.75) is 6.18 Å². The summed E-state index contributed by atoms with van der Waals surface area (Å²) in [6, 6.07) is 22.0. The van der Waals surface area contributed by atoms with Crippen molar-refractivity contribution in [3.63, 3.8) is 0 Å². The van der Waals surface area contributed by atoms with Crippen molar-refractivity contribution in [2.75, 3.05) is 4.90 Å². The molecule has 39 heavy (non-hydrogen) atoms. The van der Waals surface area contributed by atoms with Gasteiger partial charge in [0, 0.05) is 10.0 Å². The Morgan fingerprint density at radius 3 is 2.31 bits per heavy atom. The molecule has 0 spiro atoms. The monoisotopic (exact) mass is 612 g/mol. The minimum absolute atomic E-state index is 0.0129. The number of benzene rings is 3. The predicted molar refractivity (Wildman–Crippen MR) is 146 cm³/mol. The Morgan fingerprint density at radius 2 is 1.62 bits per heavy atom. The highest BCUT2D eigenvalue weighted by atomic mass is 79.9. The van der Waals surface area contributed by atoms with Gasteiger partial charge in [0.15, 0.2) is 5.11 Å². The van der Waals surface area contributed by atoms with Crippen LogP contribution < -0.4 is 15.0 Å². The molecule has 6 nitrogen and oxygen atoms in total. The summed E-state index contributed by atoms with van der Waals surface area (Å²) < 4.78 is 52.3. The van der Waals surface area contributed by atoms with E-state index >= 15 is 0 Å². The predicted octanol–water partition coefficient (Wildman–Crippen LogP) is 7.35. The maximum Gasteiger partial charge on any atom is 0.417 e. The zero-order valence-electron chi connectivity index (χ0n) is 19.7. The quantitative estimate of drug-likeness (QED) is 0.145. The average molecular weight is 613 g/mol. The number of amides is 2. The van der Waals surface area contributed by atoms with Crippen LogP contribution in [0.15, 0.2) is 99.4 Å². The van der Waals surface area contributed by atoms with Gasteiger partial charge < -0.3 is 9.15 Å². The number of ether oxygens (including phenoxy) is 1. The Balaban J connectivity index is 1.42. The van der Waals surface area contributed by atoms with Gasteiger partial charge in [0.25, 0.3) is 11.8 Å². The molecule has 0 radical (unpaired) electrons. The van der Waals surface area contributed by atoms with Crippen LogP contribution in [-0.2, 0) is 15.8 Å². The summed E-state index contributed by atoms with van der Waals surface area (Å²) in [6.45, 7) is 0. The first-order chi connectivity index (χ1) is 18.6. The number of nitrogens with one attached hydrogen (secondary N) is 1. The average Bonchev–Trinajstić information content (AvgIpc) is 3.36. The Hall–Kier alpha value is -4.22. The third-order valence-electron chi connectivity index (χ3n) is 5.64. The number of carbonyl (C=O) groups is 2. The number of rotatable bonds is 5. The lowest BCUT2D eigenvalue weighted by atomic mass is 10.1. The van der Waals surface area contributed by atoms with E-state index in [9.17, 15) is 22.8 Å². The molecule has 0 unspecified atom stereocenters. The van der Waals surface area contributed by atoms with Gasteiger partial charge in [-0.25, -0.2) is 0 Å². The summed E-state index contributed by atoms with van der Waals surface area (Å²) in [5, 5.41) is 2.34. The highest BCUT2D eigenvalue weighted by molar-refractivity contribution is 9.10. The molecule has 5 rings (SSSR count). The minimum atomic E-state index is -4.62. The van der Waals surface area contributed by atoms with E-state index in [0.717, 1.165) is 17.0 Å². The van der Waals surface area contributed by atoms with Gasteiger partial charge in [-0.3, -0.25) is 19.8 Å². The fraction of sp³-hybridized carbons (Fsp3) is 0.0357. The number of alkyl halides is 3. The van der Waals surface area contributed by atoms with Crippen LogP contribution in [-0.4, -0.2) is 16.9 Å². The molecule has 11 heteroatoms. The largest absolute Gasteiger partial charge is 0.457 e. The van der Waals surface area contributed by atoms with Crippen LogP contribution >= 0.6 is 28.1 Å². The molecule has 1 N–H and O–H groups in total. The molecule has 2 heterocycles. The molecule has 196 valence electrons. The van der Waals surface area contributed by atoms with Gasteiger partial charge in [0.2, 0.25) is 0 Å². The Bertz CT molecular complexity index is 1620. The minimum Gasteiger partial charge on any atom is -0.457 e. The number of hydrogen-bond acceptors (Lipinski definition) is 5. The maximum atomic E-state index is 13.6. The van der Waals surface area contributed by atoms with Crippen LogP contribution in [0.1, 0.15) is 11.3 Å². The van der Waals surface area contributed by atoms with Gasteiger partial charge in [-0.1, -0.05) is 34.1 Å². The summed E-state index contributed by atoms with van der Waals surface area (Å²) in [5.41, 5.74) is -1.01. The molecule has 2 amide bonds. The SMILES string of the molecule is O=C1NC(=S)N(c2ccc(Oc3ccccc3)cc2)C(=O)/C1=C/c1ccc(-c2ccc(Br)cc2C(F)(F)F)o1. The highest BCUT2D eigenvalue weighted by Crippen LogP contribution is 2.39. The summed E-state index contributed by atoms with van der Waals surface area (Å²) in [4.78, 5) is 27.1. The highest BCUT2D eigenvalue weighted by Gasteiger charge is 2.36. The molecule has 4 aromatic rings. The Morgan fingerprint density at radius 1 is 0.923 bits per heavy atom. The number of nitrogens with zero attached hydrogens (tertiary/aromatic N) is 1. The lowest BCUT2D eigenvalue weighted by Crippen LogP contribution is -2.54. The summed E-state index contributed by atoms with van der Waals surface area (Å²) >= 11 is 8.28. The van der Waals surface area contributed by atoms with Gasteiger partial charge >= 0.3 is 6.18 Å². The first-order valence-electron chi connectivity index (χ1n) is 11.3. The number of carbonyl (C=O) groups excluding carboxylic acids is 2. The molecule has 0 aliphatic carbocycles. The van der Waals surface area contributed by atoms with Crippen molar-refractivity contribution in [1.29, 1.82) is 0 Å². The van der Waals surface area contributed by atoms with E-state index < -0.39 is 23.6 Å². The van der Waals surface area contributed by atoms with Gasteiger partial charge in [0.1, 0.15) is 28.6 Å². The molecule has 1 saturated heterocycles. The van der Waals surface area contributed by atoms with Gasteiger partial charge in [-0.15, -0.1) is 0 Å². The van der Waals surface area contributed by atoms with E-state index in [-0.39, 0.29) is 32.2 Å². The van der Waals surface area contributed by atoms with Crippen molar-refractivity contribution in [3.8, 4) is 22.8 Å². The summed E-state index contributed by atoms with van der Waals surface area (Å²) in [6.07, 6.45) is -3.46. The van der Waals surface area contributed by atoms with Crippen LogP contribution in [0.3, 0.4) is 0 Å². The Kier molecular flexibility index (Phi) is 7.11. The fourth-order valence-corrected chi connectivity index (χ4v) is 4.51. The first kappa shape index (κ1) is 26.4. The third-order valence-corrected chi connectivity index (χ3v) is 6.42. The fourth-order valence-electron chi connectivity index (χ4n) is 3.86. The standard InChI is InChI=1S/C28H16BrF3N2O4S/c29-16-6-12-21(23(14-16)28(30,31)32)24-13-11-20(38-24)15-22-25(35)33-27(39)34(26(22)36)17-7-9-19(10-8-17)37-18-4-2-1-3-5-18/h1-15H,(H,33,35,39)/b22-15+. The van der Waals surface area contributed by atoms with Crippen LogP contribution in [0.25, 0.3) is 17.4 Å². The van der Waals surface area contributed by atoms with Gasteiger partial charge in [0.05, 0.1) is 11.3 Å². The summed E-state index contributed by atoms with van der Waals surface area (Å²) in [5.74, 6) is -0.392. The van der Waals surface area contributed by atoms with Crippen molar-refractivity contribution < 1.29 is 31.9 Å². The van der Waals surface area contributed by atoms with Gasteiger partial charge in [-0.2, -0.15) is 13.2 Å². The van der Waals surface area contributed by atoms with E-state index in [2.05, 4.69) is 21.2 Å². The number of thiocarbonyl (C=S) groups is 1. The van der Waals surface area contributed by atoms with Crippen LogP contribution in [0.4, 0.5) is 18.9 Å². The number of halogens is 4. The third kappa shape index (κ3) is 5.64. The lowest BCUT2D eigenvalue weighted by molar-refractivity contribution is -0.137. The second kappa shape index (κ2) is 10.5. The van der Waals surface area contributed by atoms with Crippen molar-refractivity contribution in [1.82, 2.24) is 5.32 Å². The van der Waals surface area contributed by atoms with Gasteiger partial charge in [-0.05, 0) is 85.0 Å². The van der Waals surface area contributed by atoms with Crippen LogP contribution in [0.5, 0.6) is 11.5 Å². The van der Waals surface area contributed by atoms with Crippen molar-refractivity contribution >= 4 is 56.8 Å². The molecule has 1 aliphatic heterocycles. The van der Waals surface area contributed by atoms with Crippen LogP contribution in [0.2, 0.25) is 0 Å². The smallest absolute Gasteiger partial charge is 0.417 e. The maximum absolute atomic E-state index is 13.6. The van der Waals surface area contributed by atoms with Crippen molar-refractivity contribution in [3.05, 3.63) is 106 Å². The number of para-hydroxylation sites is 1.